The largest absolute Gasteiger partial charge is 0.341 e. The lowest BCUT2D eigenvalue weighted by Crippen LogP contribution is -2.45. The van der Waals surface area contributed by atoms with E-state index in [-0.39, 0.29) is 5.91 Å². The Hall–Kier alpha value is -2.82. The van der Waals surface area contributed by atoms with E-state index in [1.165, 1.54) is 0 Å². The highest BCUT2D eigenvalue weighted by Gasteiger charge is 2.37. The van der Waals surface area contributed by atoms with Crippen LogP contribution in [0, 0.1) is 0 Å². The van der Waals surface area contributed by atoms with Crippen molar-refractivity contribution in [2.24, 2.45) is 5.14 Å². The third-order valence-corrected chi connectivity index (χ3v) is 6.21. The highest BCUT2D eigenvalue weighted by molar-refractivity contribution is 7.82. The lowest BCUT2D eigenvalue weighted by molar-refractivity contribution is -0.119. The van der Waals surface area contributed by atoms with Gasteiger partial charge < -0.3 is 15.1 Å². The molecule has 0 saturated carbocycles. The van der Waals surface area contributed by atoms with Crippen LogP contribution in [0.15, 0.2) is 52.9 Å². The first-order valence-electron chi connectivity index (χ1n) is 8.40. The first-order chi connectivity index (χ1) is 13.5. The van der Waals surface area contributed by atoms with Crippen molar-refractivity contribution in [2.75, 3.05) is 29.2 Å². The minimum absolute atomic E-state index is 0.0212. The number of aromatic nitrogens is 2. The smallest absolute Gasteiger partial charge is 0.255 e. The van der Waals surface area contributed by atoms with Crippen LogP contribution < -0.4 is 20.3 Å². The van der Waals surface area contributed by atoms with Crippen LogP contribution in [-0.2, 0) is 15.8 Å². The number of benzene rings is 1. The van der Waals surface area contributed by atoms with Crippen molar-refractivity contribution >= 4 is 51.4 Å². The van der Waals surface area contributed by atoms with E-state index >= 15 is 0 Å². The van der Waals surface area contributed by atoms with E-state index in [0.29, 0.717) is 22.3 Å². The molecular weight excluding hydrogens is 396 g/mol. The van der Waals surface area contributed by atoms with Crippen LogP contribution in [0.3, 0.4) is 0 Å². The average molecular weight is 415 g/mol. The van der Waals surface area contributed by atoms with Crippen LogP contribution in [0.1, 0.15) is 10.9 Å². The molecule has 1 aromatic carbocycles. The zero-order valence-electron chi connectivity index (χ0n) is 15.2. The summed E-state index contributed by atoms with van der Waals surface area (Å²) >= 11 is 1.54. The fourth-order valence-electron chi connectivity index (χ4n) is 3.07. The Morgan fingerprint density at radius 1 is 1.21 bits per heavy atom. The molecular formula is C18H18N6O2S2. The van der Waals surface area contributed by atoms with E-state index in [4.69, 9.17) is 5.14 Å². The molecule has 2 unspecified atom stereocenters. The Kier molecular flexibility index (Phi) is 4.84. The number of anilines is 4. The van der Waals surface area contributed by atoms with Gasteiger partial charge in [-0.3, -0.25) is 4.79 Å². The van der Waals surface area contributed by atoms with Crippen LogP contribution in [0.2, 0.25) is 0 Å². The van der Waals surface area contributed by atoms with Crippen molar-refractivity contribution in [2.45, 2.75) is 10.9 Å². The van der Waals surface area contributed by atoms with Crippen molar-refractivity contribution in [3.8, 4) is 0 Å². The summed E-state index contributed by atoms with van der Waals surface area (Å²) in [6, 6.07) is 10.4. The molecule has 3 N–H and O–H groups in total. The molecule has 0 spiro atoms. The topological polar surface area (TPSA) is 104 Å². The van der Waals surface area contributed by atoms with E-state index in [1.807, 2.05) is 29.5 Å². The van der Waals surface area contributed by atoms with E-state index in [1.54, 1.807) is 53.7 Å². The Balaban J connectivity index is 1.66. The number of amides is 1. The van der Waals surface area contributed by atoms with Crippen LogP contribution >= 0.6 is 11.3 Å². The Morgan fingerprint density at radius 3 is 2.61 bits per heavy atom. The van der Waals surface area contributed by atoms with Crippen LogP contribution in [0.25, 0.3) is 0 Å². The van der Waals surface area contributed by atoms with Crippen molar-refractivity contribution in [3.63, 3.8) is 0 Å². The van der Waals surface area contributed by atoms with Gasteiger partial charge in [0.05, 0.1) is 11.1 Å². The quantitative estimate of drug-likeness (QED) is 0.679. The minimum atomic E-state index is -1.52. The molecule has 4 rings (SSSR count). The molecule has 3 aromatic rings. The van der Waals surface area contributed by atoms with Crippen molar-refractivity contribution in [3.05, 3.63) is 52.9 Å². The number of thiophene rings is 1. The first kappa shape index (κ1) is 18.5. The minimum Gasteiger partial charge on any atom is -0.341 e. The van der Waals surface area contributed by atoms with Gasteiger partial charge in [0.25, 0.3) is 5.91 Å². The predicted octanol–water partition coefficient (Wildman–Crippen LogP) is 2.42. The van der Waals surface area contributed by atoms with Gasteiger partial charge in [-0.15, -0.1) is 11.3 Å². The van der Waals surface area contributed by atoms with E-state index < -0.39 is 17.0 Å². The lowest BCUT2D eigenvalue weighted by Gasteiger charge is -2.37. The Morgan fingerprint density at radius 2 is 1.96 bits per heavy atom. The maximum atomic E-state index is 12.8. The molecule has 0 radical (unpaired) electrons. The third-order valence-electron chi connectivity index (χ3n) is 4.55. The number of carbonyl (C=O) groups excluding carboxylic acids is 1. The van der Waals surface area contributed by atoms with Crippen molar-refractivity contribution < 1.29 is 9.00 Å². The van der Waals surface area contributed by atoms with Gasteiger partial charge in [-0.2, -0.15) is 4.98 Å². The normalized spacial score (nSPS) is 17.4. The van der Waals surface area contributed by atoms with Gasteiger partial charge in [0.2, 0.25) is 5.95 Å². The number of rotatable bonds is 4. The van der Waals surface area contributed by atoms with Gasteiger partial charge >= 0.3 is 0 Å². The van der Waals surface area contributed by atoms with Crippen LogP contribution in [0.4, 0.5) is 23.1 Å². The summed E-state index contributed by atoms with van der Waals surface area (Å²) in [5.41, 5.74) is 1.39. The molecule has 144 valence electrons. The van der Waals surface area contributed by atoms with Gasteiger partial charge in [-0.1, -0.05) is 6.07 Å². The van der Waals surface area contributed by atoms with E-state index in [9.17, 15) is 9.00 Å². The summed E-state index contributed by atoms with van der Waals surface area (Å²) in [4.78, 5) is 26.8. The summed E-state index contributed by atoms with van der Waals surface area (Å²) < 4.78 is 11.3. The fourth-order valence-corrected chi connectivity index (χ4v) is 4.34. The molecule has 10 heteroatoms. The highest BCUT2D eigenvalue weighted by atomic mass is 32.2. The van der Waals surface area contributed by atoms with Gasteiger partial charge in [0, 0.05) is 24.7 Å². The summed E-state index contributed by atoms with van der Waals surface area (Å²) in [6.45, 7) is 0. The first-order valence-corrected chi connectivity index (χ1v) is 10.5. The molecule has 0 bridgehead atoms. The molecule has 2 atom stereocenters. The molecule has 1 amide bonds. The second-order valence-electron chi connectivity index (χ2n) is 6.28. The van der Waals surface area contributed by atoms with Crippen LogP contribution in [-0.4, -0.2) is 34.2 Å². The zero-order valence-corrected chi connectivity index (χ0v) is 16.8. The number of hydrogen-bond donors (Lipinski definition) is 2. The molecule has 2 aromatic heterocycles. The highest BCUT2D eigenvalue weighted by Crippen LogP contribution is 2.40. The van der Waals surface area contributed by atoms with Gasteiger partial charge in [-0.25, -0.2) is 14.3 Å². The molecule has 3 heterocycles. The Labute approximate surface area is 168 Å². The van der Waals surface area contributed by atoms with E-state index in [2.05, 4.69) is 15.3 Å². The summed E-state index contributed by atoms with van der Waals surface area (Å²) in [5.74, 6) is 1.05. The van der Waals surface area contributed by atoms with Gasteiger partial charge in [0.15, 0.2) is 5.82 Å². The summed E-state index contributed by atoms with van der Waals surface area (Å²) in [5, 5.41) is 10.5. The van der Waals surface area contributed by atoms with E-state index in [0.717, 1.165) is 10.6 Å². The molecule has 28 heavy (non-hydrogen) atoms. The molecule has 0 aliphatic carbocycles. The molecule has 8 nitrogen and oxygen atoms in total. The average Bonchev–Trinajstić information content (AvgIpc) is 3.21. The predicted molar refractivity (Wildman–Crippen MR) is 111 cm³/mol. The Bertz CT molecular complexity index is 1040. The number of nitrogens with zero attached hydrogens (tertiary/aromatic N) is 4. The summed E-state index contributed by atoms with van der Waals surface area (Å²) in [7, 11) is 2.07. The van der Waals surface area contributed by atoms with Crippen molar-refractivity contribution in [1.29, 1.82) is 0 Å². The SMILES string of the molecule is CN1C(=O)C(c2cccs2)N(C)c2nc(Nc3ccc(S(N)=O)cc3)ncc21. The third kappa shape index (κ3) is 3.26. The number of nitrogens with one attached hydrogen (secondary N) is 1. The molecule has 1 aliphatic rings. The summed E-state index contributed by atoms with van der Waals surface area (Å²) in [6.07, 6.45) is 1.63. The van der Waals surface area contributed by atoms with Gasteiger partial charge in [-0.05, 0) is 35.7 Å². The molecule has 1 aliphatic heterocycles. The molecule has 0 saturated heterocycles. The van der Waals surface area contributed by atoms with Crippen LogP contribution in [0.5, 0.6) is 0 Å². The number of likely N-dealkylation sites (N-methyl/N-ethyl adjacent to an activating group) is 2. The second kappa shape index (κ2) is 7.30. The zero-order chi connectivity index (χ0) is 19.8. The monoisotopic (exact) mass is 414 g/mol. The maximum Gasteiger partial charge on any atom is 0.255 e. The number of fused-ring (bicyclic) bond motifs is 1. The number of hydrogen-bond acceptors (Lipinski definition) is 7. The van der Waals surface area contributed by atoms with Crippen molar-refractivity contribution in [1.82, 2.24) is 9.97 Å². The number of carbonyl (C=O) groups is 1. The standard InChI is InChI=1S/C18H18N6O2S2/c1-23-13-10-20-18(21-11-5-7-12(8-6-11)28(19)26)22-16(13)24(2)15(17(23)25)14-4-3-9-27-14/h3-10,15H,19H2,1-2H3,(H,20,21,22). The van der Waals surface area contributed by atoms with Gasteiger partial charge in [0.1, 0.15) is 22.7 Å². The molecule has 0 fully saturated rings. The fraction of sp³-hybridized carbons (Fsp3) is 0.167. The maximum absolute atomic E-state index is 12.8. The lowest BCUT2D eigenvalue weighted by atomic mass is 10.1. The second-order valence-corrected chi connectivity index (χ2v) is 8.32. The number of nitrogens with two attached hydrogens (primary N) is 1.